The summed E-state index contributed by atoms with van der Waals surface area (Å²) in [6, 6.07) is 7.80. The van der Waals surface area contributed by atoms with Crippen molar-refractivity contribution in [1.29, 1.82) is 0 Å². The maximum Gasteiger partial charge on any atom is 0.119 e. The minimum Gasteiger partial charge on any atom is -0.494 e. The average Bonchev–Trinajstić information content (AvgIpc) is 2.40. The summed E-state index contributed by atoms with van der Waals surface area (Å²) in [7, 11) is 0. The van der Waals surface area contributed by atoms with E-state index in [9.17, 15) is 0 Å². The smallest absolute Gasteiger partial charge is 0.119 e. The minimum absolute atomic E-state index is 0.691. The number of benzene rings is 1. The van der Waals surface area contributed by atoms with Crippen LogP contribution in [0, 0.1) is 0 Å². The first kappa shape index (κ1) is 11.9. The molecule has 17 heavy (non-hydrogen) atoms. The lowest BCUT2D eigenvalue weighted by molar-refractivity contribution is 0.0701. The van der Waals surface area contributed by atoms with Crippen LogP contribution in [0.1, 0.15) is 6.92 Å². The van der Waals surface area contributed by atoms with E-state index in [1.807, 2.05) is 37.5 Å². The minimum atomic E-state index is 0.691. The van der Waals surface area contributed by atoms with E-state index in [2.05, 4.69) is 9.89 Å². The normalized spacial score (nSPS) is 16.4. The van der Waals surface area contributed by atoms with Crippen molar-refractivity contribution in [2.45, 2.75) is 6.92 Å². The summed E-state index contributed by atoms with van der Waals surface area (Å²) in [5, 5.41) is 0. The highest BCUT2D eigenvalue weighted by Gasteiger charge is 2.05. The molecule has 4 nitrogen and oxygen atoms in total. The molecular weight excluding hydrogens is 216 g/mol. The van der Waals surface area contributed by atoms with Crippen molar-refractivity contribution in [3.05, 3.63) is 24.3 Å². The molecule has 1 heterocycles. The van der Waals surface area contributed by atoms with Crippen LogP contribution in [-0.2, 0) is 4.74 Å². The van der Waals surface area contributed by atoms with E-state index in [0.29, 0.717) is 6.61 Å². The first-order chi connectivity index (χ1) is 8.38. The fourth-order valence-electron chi connectivity index (χ4n) is 1.64. The van der Waals surface area contributed by atoms with Gasteiger partial charge in [0.05, 0.1) is 31.8 Å². The van der Waals surface area contributed by atoms with E-state index >= 15 is 0 Å². The Balaban J connectivity index is 1.91. The first-order valence-electron chi connectivity index (χ1n) is 5.97. The largest absolute Gasteiger partial charge is 0.494 e. The van der Waals surface area contributed by atoms with Crippen LogP contribution in [0.2, 0.25) is 0 Å². The van der Waals surface area contributed by atoms with Crippen LogP contribution in [0.3, 0.4) is 0 Å². The van der Waals surface area contributed by atoms with Crippen LogP contribution in [-0.4, -0.2) is 44.1 Å². The van der Waals surface area contributed by atoms with E-state index in [0.717, 1.165) is 37.7 Å². The summed E-state index contributed by atoms with van der Waals surface area (Å²) in [4.78, 5) is 6.59. The predicted molar refractivity (Wildman–Crippen MR) is 68.2 cm³/mol. The van der Waals surface area contributed by atoms with Crippen molar-refractivity contribution in [2.24, 2.45) is 4.99 Å². The maximum atomic E-state index is 5.38. The second-order valence-electron chi connectivity index (χ2n) is 3.82. The fraction of sp³-hybridized carbons (Fsp3) is 0.462. The van der Waals surface area contributed by atoms with Crippen molar-refractivity contribution >= 4 is 12.0 Å². The van der Waals surface area contributed by atoms with Crippen molar-refractivity contribution in [3.8, 4) is 5.75 Å². The van der Waals surface area contributed by atoms with Crippen molar-refractivity contribution in [3.63, 3.8) is 0 Å². The lowest BCUT2D eigenvalue weighted by Crippen LogP contribution is -2.34. The predicted octanol–water partition coefficient (Wildman–Crippen LogP) is 2.08. The Kier molecular flexibility index (Phi) is 4.38. The molecule has 0 radical (unpaired) electrons. The Morgan fingerprint density at radius 2 is 2.00 bits per heavy atom. The zero-order valence-electron chi connectivity index (χ0n) is 10.1. The van der Waals surface area contributed by atoms with Gasteiger partial charge in [-0.05, 0) is 31.2 Å². The summed E-state index contributed by atoms with van der Waals surface area (Å²) in [5.74, 6) is 0.887. The molecule has 1 aromatic rings. The number of rotatable bonds is 4. The second-order valence-corrected chi connectivity index (χ2v) is 3.82. The van der Waals surface area contributed by atoms with Gasteiger partial charge in [-0.25, -0.2) is 4.99 Å². The topological polar surface area (TPSA) is 34.1 Å². The molecular formula is C13H18N2O2. The van der Waals surface area contributed by atoms with Crippen LogP contribution < -0.4 is 4.74 Å². The molecule has 0 amide bonds. The second kappa shape index (κ2) is 6.25. The van der Waals surface area contributed by atoms with E-state index in [1.54, 1.807) is 0 Å². The molecule has 1 fully saturated rings. The number of aliphatic imine (C=N–C) groups is 1. The van der Waals surface area contributed by atoms with E-state index < -0.39 is 0 Å². The van der Waals surface area contributed by atoms with Crippen LogP contribution in [0.25, 0.3) is 0 Å². The maximum absolute atomic E-state index is 5.38. The van der Waals surface area contributed by atoms with E-state index in [-0.39, 0.29) is 0 Å². The molecule has 0 saturated carbocycles. The Hall–Kier alpha value is -1.55. The molecule has 1 aliphatic rings. The van der Waals surface area contributed by atoms with Gasteiger partial charge in [0.1, 0.15) is 5.75 Å². The molecule has 0 aliphatic carbocycles. The first-order valence-corrected chi connectivity index (χ1v) is 5.97. The summed E-state index contributed by atoms with van der Waals surface area (Å²) in [5.41, 5.74) is 0.944. The van der Waals surface area contributed by atoms with Crippen LogP contribution in [0.15, 0.2) is 29.3 Å². The standard InChI is InChI=1S/C13H18N2O2/c1-2-17-13-5-3-12(4-6-13)14-11-15-7-9-16-10-8-15/h3-6,11H,2,7-10H2,1H3. The molecule has 0 bridgehead atoms. The molecule has 0 atom stereocenters. The van der Waals surface area contributed by atoms with Gasteiger partial charge >= 0.3 is 0 Å². The summed E-state index contributed by atoms with van der Waals surface area (Å²) in [6.45, 7) is 6.08. The molecule has 0 N–H and O–H groups in total. The third-order valence-electron chi connectivity index (χ3n) is 2.56. The van der Waals surface area contributed by atoms with Crippen LogP contribution in [0.5, 0.6) is 5.75 Å². The number of hydrogen-bond donors (Lipinski definition) is 0. The van der Waals surface area contributed by atoms with Gasteiger partial charge in [-0.3, -0.25) is 0 Å². The van der Waals surface area contributed by atoms with Gasteiger partial charge in [0.15, 0.2) is 0 Å². The van der Waals surface area contributed by atoms with Crippen LogP contribution in [0.4, 0.5) is 5.69 Å². The monoisotopic (exact) mass is 234 g/mol. The summed E-state index contributed by atoms with van der Waals surface area (Å²) in [6.07, 6.45) is 1.89. The third kappa shape index (κ3) is 3.75. The quantitative estimate of drug-likeness (QED) is 0.591. The van der Waals surface area contributed by atoms with Gasteiger partial charge in [0, 0.05) is 13.1 Å². The van der Waals surface area contributed by atoms with Gasteiger partial charge in [-0.1, -0.05) is 0 Å². The summed E-state index contributed by atoms with van der Waals surface area (Å²) < 4.78 is 10.7. The average molecular weight is 234 g/mol. The highest BCUT2D eigenvalue weighted by molar-refractivity contribution is 5.61. The number of nitrogens with zero attached hydrogens (tertiary/aromatic N) is 2. The lowest BCUT2D eigenvalue weighted by Gasteiger charge is -2.24. The van der Waals surface area contributed by atoms with Gasteiger partial charge < -0.3 is 14.4 Å². The third-order valence-corrected chi connectivity index (χ3v) is 2.56. The molecule has 92 valence electrons. The van der Waals surface area contributed by atoms with Gasteiger partial charge in [0.25, 0.3) is 0 Å². The highest BCUT2D eigenvalue weighted by Crippen LogP contribution is 2.17. The number of ether oxygens (including phenoxy) is 2. The zero-order chi connectivity index (χ0) is 11.9. The fourth-order valence-corrected chi connectivity index (χ4v) is 1.64. The van der Waals surface area contributed by atoms with Gasteiger partial charge in [-0.15, -0.1) is 0 Å². The summed E-state index contributed by atoms with van der Waals surface area (Å²) >= 11 is 0. The molecule has 4 heteroatoms. The molecule has 0 unspecified atom stereocenters. The molecule has 2 rings (SSSR count). The molecule has 1 saturated heterocycles. The molecule has 0 spiro atoms. The Bertz CT molecular complexity index is 356. The van der Waals surface area contributed by atoms with Crippen molar-refractivity contribution in [1.82, 2.24) is 4.90 Å². The number of hydrogen-bond acceptors (Lipinski definition) is 3. The Labute approximate surface area is 102 Å². The Morgan fingerprint density at radius 3 is 2.65 bits per heavy atom. The zero-order valence-corrected chi connectivity index (χ0v) is 10.1. The van der Waals surface area contributed by atoms with Crippen molar-refractivity contribution < 1.29 is 9.47 Å². The highest BCUT2D eigenvalue weighted by atomic mass is 16.5. The Morgan fingerprint density at radius 1 is 1.29 bits per heavy atom. The van der Waals surface area contributed by atoms with Gasteiger partial charge in [0.2, 0.25) is 0 Å². The van der Waals surface area contributed by atoms with Crippen LogP contribution >= 0.6 is 0 Å². The lowest BCUT2D eigenvalue weighted by atomic mass is 10.3. The molecule has 1 aliphatic heterocycles. The SMILES string of the molecule is CCOc1ccc(N=CN2CCOCC2)cc1. The molecule has 1 aromatic carbocycles. The van der Waals surface area contributed by atoms with E-state index in [1.165, 1.54) is 0 Å². The molecule has 0 aromatic heterocycles. The van der Waals surface area contributed by atoms with Crippen molar-refractivity contribution in [2.75, 3.05) is 32.9 Å². The van der Waals surface area contributed by atoms with Gasteiger partial charge in [-0.2, -0.15) is 0 Å². The number of morpholine rings is 1. The van der Waals surface area contributed by atoms with E-state index in [4.69, 9.17) is 9.47 Å².